The highest BCUT2D eigenvalue weighted by Crippen LogP contribution is 2.12. The molecule has 0 fully saturated rings. The van der Waals surface area contributed by atoms with E-state index in [-0.39, 0.29) is 41.6 Å². The summed E-state index contributed by atoms with van der Waals surface area (Å²) in [7, 11) is -3.41. The van der Waals surface area contributed by atoms with Crippen molar-refractivity contribution >= 4 is 40.0 Å². The maximum atomic E-state index is 13.0. The Bertz CT molecular complexity index is 919. The van der Waals surface area contributed by atoms with Gasteiger partial charge in [0, 0.05) is 19.1 Å². The zero-order valence-corrected chi connectivity index (χ0v) is 20.6. The molecule has 0 heterocycles. The third-order valence-corrected chi connectivity index (χ3v) is 5.52. The Kier molecular flexibility index (Phi) is 11.3. The van der Waals surface area contributed by atoms with E-state index in [2.05, 4.69) is 20.3 Å². The van der Waals surface area contributed by atoms with Crippen LogP contribution in [0.15, 0.2) is 53.5 Å². The Labute approximate surface area is 195 Å². The molecule has 9 heteroatoms. The average Bonchev–Trinajstić information content (AvgIpc) is 2.65. The molecule has 0 spiro atoms. The summed E-state index contributed by atoms with van der Waals surface area (Å²) < 4.78 is 40.2. The quantitative estimate of drug-likeness (QED) is 0.255. The molecule has 166 valence electrons. The van der Waals surface area contributed by atoms with Crippen LogP contribution >= 0.6 is 24.0 Å². The molecule has 2 rings (SSSR count). The summed E-state index contributed by atoms with van der Waals surface area (Å²) in [4.78, 5) is 4.51. The summed E-state index contributed by atoms with van der Waals surface area (Å²) in [6.45, 7) is 7.08. The number of rotatable bonds is 9. The molecule has 30 heavy (non-hydrogen) atoms. The maximum absolute atomic E-state index is 13.0. The van der Waals surface area contributed by atoms with Gasteiger partial charge in [-0.15, -0.1) is 24.0 Å². The number of aliphatic imine (C=N–C) groups is 1. The van der Waals surface area contributed by atoms with Crippen LogP contribution in [0.3, 0.4) is 0 Å². The zero-order valence-electron chi connectivity index (χ0n) is 17.5. The van der Waals surface area contributed by atoms with Crippen molar-refractivity contribution in [2.24, 2.45) is 4.99 Å². The summed E-state index contributed by atoms with van der Waals surface area (Å²) in [6, 6.07) is 13.5. The summed E-state index contributed by atoms with van der Waals surface area (Å²) in [6.07, 6.45) is 0. The molecule has 0 unspecified atom stereocenters. The minimum Gasteiger partial charge on any atom is -0.357 e. The molecule has 0 aliphatic carbocycles. The molecule has 0 amide bonds. The van der Waals surface area contributed by atoms with E-state index in [1.807, 2.05) is 31.2 Å². The number of halogens is 2. The highest BCUT2D eigenvalue weighted by atomic mass is 127. The molecular formula is C21H30FIN4O2S. The van der Waals surface area contributed by atoms with Gasteiger partial charge in [-0.1, -0.05) is 36.4 Å². The Morgan fingerprint density at radius 3 is 2.27 bits per heavy atom. The second-order valence-electron chi connectivity index (χ2n) is 6.98. The number of hydrogen-bond donors (Lipinski definition) is 3. The number of nitrogens with zero attached hydrogens (tertiary/aromatic N) is 1. The molecular weight excluding hydrogens is 518 g/mol. The van der Waals surface area contributed by atoms with Crippen LogP contribution in [0.4, 0.5) is 4.39 Å². The molecule has 2 aromatic rings. The van der Waals surface area contributed by atoms with E-state index in [9.17, 15) is 12.8 Å². The molecule has 0 aliphatic rings. The van der Waals surface area contributed by atoms with Crippen molar-refractivity contribution in [3.8, 4) is 0 Å². The van der Waals surface area contributed by atoms with E-state index in [4.69, 9.17) is 0 Å². The highest BCUT2D eigenvalue weighted by molar-refractivity contribution is 14.0. The Morgan fingerprint density at radius 1 is 1.03 bits per heavy atom. The second kappa shape index (κ2) is 12.9. The minimum absolute atomic E-state index is 0. The molecule has 0 radical (unpaired) electrons. The topological polar surface area (TPSA) is 82.6 Å². The van der Waals surface area contributed by atoms with Crippen LogP contribution in [0.1, 0.15) is 37.5 Å². The highest BCUT2D eigenvalue weighted by Gasteiger charge is 2.15. The van der Waals surface area contributed by atoms with Crippen molar-refractivity contribution < 1.29 is 12.8 Å². The van der Waals surface area contributed by atoms with E-state index in [1.165, 1.54) is 12.1 Å². The summed E-state index contributed by atoms with van der Waals surface area (Å²) in [5, 5.41) is 6.40. The normalized spacial score (nSPS) is 11.8. The molecule has 0 aliphatic heterocycles. The summed E-state index contributed by atoms with van der Waals surface area (Å²) in [5.74, 6) is 0.253. The van der Waals surface area contributed by atoms with Gasteiger partial charge in [0.1, 0.15) is 5.82 Å². The van der Waals surface area contributed by atoms with Gasteiger partial charge in [-0.3, -0.25) is 0 Å². The standard InChI is InChI=1S/C21H29FN4O2S.HI/c1-4-23-21(24-13-17-9-11-20(22)12-10-17)25-14-18-7-5-6-8-19(18)15-29(27,28)26-16(2)3;/h5-12,16,26H,4,13-15H2,1-3H3,(H2,23,24,25);1H. The third kappa shape index (κ3) is 9.40. The van der Waals surface area contributed by atoms with Crippen molar-refractivity contribution in [3.63, 3.8) is 0 Å². The van der Waals surface area contributed by atoms with Crippen molar-refractivity contribution in [1.29, 1.82) is 0 Å². The number of nitrogens with one attached hydrogen (secondary N) is 3. The van der Waals surface area contributed by atoms with Gasteiger partial charge >= 0.3 is 0 Å². The van der Waals surface area contributed by atoms with Gasteiger partial charge in [0.05, 0.1) is 12.3 Å². The first-order valence-electron chi connectivity index (χ1n) is 9.62. The number of guanidine groups is 1. The van der Waals surface area contributed by atoms with Crippen molar-refractivity contribution in [2.75, 3.05) is 6.54 Å². The van der Waals surface area contributed by atoms with E-state index >= 15 is 0 Å². The van der Waals surface area contributed by atoms with Crippen LogP contribution in [-0.2, 0) is 28.9 Å². The maximum Gasteiger partial charge on any atom is 0.216 e. The van der Waals surface area contributed by atoms with Gasteiger partial charge in [-0.25, -0.2) is 22.5 Å². The lowest BCUT2D eigenvalue weighted by atomic mass is 10.1. The lowest BCUT2D eigenvalue weighted by molar-refractivity contribution is 0.568. The lowest BCUT2D eigenvalue weighted by Gasteiger charge is -2.15. The molecule has 6 nitrogen and oxygen atoms in total. The summed E-state index contributed by atoms with van der Waals surface area (Å²) in [5.41, 5.74) is 2.52. The number of hydrogen-bond acceptors (Lipinski definition) is 3. The SMILES string of the molecule is CCNC(=NCc1ccc(F)cc1)NCc1ccccc1CS(=O)(=O)NC(C)C.I. The fourth-order valence-electron chi connectivity index (χ4n) is 2.76. The first-order valence-corrected chi connectivity index (χ1v) is 11.3. The van der Waals surface area contributed by atoms with Crippen LogP contribution in [-0.4, -0.2) is 27.0 Å². The molecule has 0 saturated heterocycles. The first-order chi connectivity index (χ1) is 13.8. The molecule has 0 atom stereocenters. The molecule has 0 bridgehead atoms. The van der Waals surface area contributed by atoms with Crippen LogP contribution < -0.4 is 15.4 Å². The van der Waals surface area contributed by atoms with Gasteiger partial charge in [0.15, 0.2) is 5.96 Å². The summed E-state index contributed by atoms with van der Waals surface area (Å²) >= 11 is 0. The van der Waals surface area contributed by atoms with Crippen LogP contribution in [0.25, 0.3) is 0 Å². The van der Waals surface area contributed by atoms with Crippen molar-refractivity contribution in [1.82, 2.24) is 15.4 Å². The van der Waals surface area contributed by atoms with E-state index in [0.717, 1.165) is 16.7 Å². The molecule has 0 saturated carbocycles. The van der Waals surface area contributed by atoms with Gasteiger partial charge in [0.2, 0.25) is 10.0 Å². The minimum atomic E-state index is -3.41. The van der Waals surface area contributed by atoms with Crippen molar-refractivity contribution in [2.45, 2.75) is 45.7 Å². The van der Waals surface area contributed by atoms with Crippen LogP contribution in [0, 0.1) is 5.82 Å². The number of benzene rings is 2. The molecule has 3 N–H and O–H groups in total. The largest absolute Gasteiger partial charge is 0.357 e. The Morgan fingerprint density at radius 2 is 1.67 bits per heavy atom. The predicted molar refractivity (Wildman–Crippen MR) is 131 cm³/mol. The fraction of sp³-hybridized carbons (Fsp3) is 0.381. The van der Waals surface area contributed by atoms with Gasteiger partial charge in [-0.2, -0.15) is 0 Å². The Balaban J connectivity index is 0.00000450. The van der Waals surface area contributed by atoms with E-state index < -0.39 is 10.0 Å². The van der Waals surface area contributed by atoms with Gasteiger partial charge < -0.3 is 10.6 Å². The van der Waals surface area contributed by atoms with Crippen LogP contribution in [0.5, 0.6) is 0 Å². The van der Waals surface area contributed by atoms with Gasteiger partial charge in [-0.05, 0) is 49.6 Å². The Hall–Kier alpha value is -1.72. The van der Waals surface area contributed by atoms with E-state index in [0.29, 0.717) is 25.6 Å². The number of sulfonamides is 1. The third-order valence-electron chi connectivity index (χ3n) is 4.00. The fourth-order valence-corrected chi connectivity index (χ4v) is 4.25. The van der Waals surface area contributed by atoms with E-state index in [1.54, 1.807) is 26.0 Å². The second-order valence-corrected chi connectivity index (χ2v) is 8.73. The van der Waals surface area contributed by atoms with Crippen LogP contribution in [0.2, 0.25) is 0 Å². The first kappa shape index (κ1) is 26.3. The van der Waals surface area contributed by atoms with Gasteiger partial charge in [0.25, 0.3) is 0 Å². The lowest BCUT2D eigenvalue weighted by Crippen LogP contribution is -2.37. The smallest absolute Gasteiger partial charge is 0.216 e. The molecule has 0 aromatic heterocycles. The molecule has 2 aromatic carbocycles. The zero-order chi connectivity index (χ0) is 21.3. The van der Waals surface area contributed by atoms with Crippen molar-refractivity contribution in [3.05, 3.63) is 71.0 Å². The predicted octanol–water partition coefficient (Wildman–Crippen LogP) is 3.53. The average molecular weight is 548 g/mol. The monoisotopic (exact) mass is 548 g/mol.